The van der Waals surface area contributed by atoms with Crippen molar-refractivity contribution in [1.82, 2.24) is 29.9 Å². The van der Waals surface area contributed by atoms with Gasteiger partial charge in [-0.1, -0.05) is 412 Å². The third-order valence-corrected chi connectivity index (χ3v) is 28.7. The number of rotatable bonds is 14. The first-order valence-electron chi connectivity index (χ1n) is 48.4. The molecule has 22 aromatic rings. The third kappa shape index (κ3) is 16.6. The van der Waals surface area contributed by atoms with Crippen LogP contribution in [-0.2, 0) is 16.2 Å². The second kappa shape index (κ2) is 36.7. The standard InChI is InChI=1S/C50H35N3.C46H31N3.C38H27N3/c1-50(2)43-26-25-37(31-42(43)48-44(50)23-14-24-45(48)51-3)36-21-13-22-38(27-36)49-52-46(35-19-11-6-12-20-35)32-47(53-49)41-29-39(33-15-7-4-8-16-33)28-40(30-41)34-17-9-5-10-18-34;1-46(2)39-23-22-34(27-38(39)44-40(46)16-9-17-41(44)47-3)33-14-8-15-35(25-33)42-28-43(36-20-18-29-10-4-6-12-31(29)24-36)49-45(48-42)37-21-19-30-11-5-7-13-32(30)26-37;1-38(2)31-20-10-18-29(24-39)35(31)36-30(19-11-21-32(36)38)27-16-9-17-28(22-27)34-23-33(25-12-5-3-6-13-25)40-37(41-34)26-14-7-4-8-15-26/h4-32H,1-2H3;4-28H,1-2H3;3-23H,1-2H3. The van der Waals surface area contributed by atoms with E-state index in [0.717, 1.165) is 179 Å². The Hall–Kier alpha value is -18.6. The van der Waals surface area contributed by atoms with Crippen molar-refractivity contribution in [2.24, 2.45) is 0 Å². The monoisotopic (exact) mass is 1830 g/mol. The van der Waals surface area contributed by atoms with Crippen molar-refractivity contribution in [1.29, 1.82) is 5.26 Å². The molecule has 3 aliphatic rings. The molecule has 674 valence electrons. The molecule has 3 aliphatic carbocycles. The normalized spacial score (nSPS) is 12.7. The number of nitriles is 1. The Bertz CT molecular complexity index is 8740. The molecule has 19 aromatic carbocycles. The van der Waals surface area contributed by atoms with E-state index >= 15 is 0 Å². The second-order valence-corrected chi connectivity index (χ2v) is 38.5. The van der Waals surface area contributed by atoms with Gasteiger partial charge in [0.15, 0.2) is 28.8 Å². The summed E-state index contributed by atoms with van der Waals surface area (Å²) in [7, 11) is 0. The summed E-state index contributed by atoms with van der Waals surface area (Å²) in [5, 5.41) is 14.8. The third-order valence-electron chi connectivity index (χ3n) is 28.7. The van der Waals surface area contributed by atoms with Gasteiger partial charge in [-0.3, -0.25) is 0 Å². The van der Waals surface area contributed by atoms with E-state index < -0.39 is 0 Å². The Morgan fingerprint density at radius 3 is 0.958 bits per heavy atom. The summed E-state index contributed by atoms with van der Waals surface area (Å²) >= 11 is 0. The van der Waals surface area contributed by atoms with E-state index in [4.69, 9.17) is 43.0 Å². The molecule has 0 bridgehead atoms. The van der Waals surface area contributed by atoms with E-state index in [2.05, 4.69) is 409 Å². The van der Waals surface area contributed by atoms with Gasteiger partial charge in [-0.25, -0.2) is 39.6 Å². The van der Waals surface area contributed by atoms with Gasteiger partial charge in [-0.2, -0.15) is 5.26 Å². The van der Waals surface area contributed by atoms with Gasteiger partial charge in [-0.05, 0) is 223 Å². The Morgan fingerprint density at radius 1 is 0.196 bits per heavy atom. The zero-order valence-corrected chi connectivity index (χ0v) is 79.8. The summed E-state index contributed by atoms with van der Waals surface area (Å²) in [6.45, 7) is 29.3. The molecule has 0 fully saturated rings. The van der Waals surface area contributed by atoms with Crippen molar-refractivity contribution in [3.05, 3.63) is 517 Å². The van der Waals surface area contributed by atoms with Gasteiger partial charge >= 0.3 is 0 Å². The molecule has 3 heterocycles. The average molecular weight is 1830 g/mol. The first-order chi connectivity index (χ1) is 70.0. The molecule has 0 spiro atoms. The van der Waals surface area contributed by atoms with Gasteiger partial charge in [0, 0.05) is 71.9 Å². The van der Waals surface area contributed by atoms with E-state index in [0.29, 0.717) is 34.4 Å². The van der Waals surface area contributed by atoms with Crippen molar-refractivity contribution in [3.8, 4) is 197 Å². The smallest absolute Gasteiger partial charge is 0.195 e. The number of nitrogens with zero attached hydrogens (tertiary/aromatic N) is 9. The summed E-state index contributed by atoms with van der Waals surface area (Å²) in [4.78, 5) is 38.6. The van der Waals surface area contributed by atoms with Gasteiger partial charge in [0.2, 0.25) is 0 Å². The molecule has 0 N–H and O–H groups in total. The van der Waals surface area contributed by atoms with Crippen molar-refractivity contribution in [2.75, 3.05) is 0 Å². The second-order valence-electron chi connectivity index (χ2n) is 38.5. The number of aromatic nitrogens is 6. The molecule has 0 amide bonds. The molecule has 0 aliphatic heterocycles. The average Bonchev–Trinajstić information content (AvgIpc) is 1.44. The van der Waals surface area contributed by atoms with Crippen LogP contribution in [0.1, 0.15) is 80.5 Å². The van der Waals surface area contributed by atoms with Crippen LogP contribution in [0.25, 0.3) is 222 Å². The Balaban J connectivity index is 0.000000120. The van der Waals surface area contributed by atoms with Gasteiger partial charge in [-0.15, -0.1) is 0 Å². The molecule has 0 saturated heterocycles. The first kappa shape index (κ1) is 88.4. The molecule has 25 rings (SSSR count). The quantitative estimate of drug-likeness (QED) is 0.0998. The Morgan fingerprint density at radius 2 is 0.490 bits per heavy atom. The molecule has 3 aromatic heterocycles. The SMILES string of the molecule is CC1(C)c2cccc(C#N)c2-c2c(-c3cccc(-c4cc(-c5ccccc5)nc(-c5ccccc5)n4)c3)cccc21.[C-]#[N+]c1cccc2c1-c1cc(-c3cccc(-c4cc(-c5ccc6ccccc6c5)nc(-c5ccc6ccccc6c5)n4)c3)ccc1C2(C)C.[C-]#[N+]c1cccc2c1-c1cc(-c3cccc(-c4nc(-c5ccccc5)cc(-c5cc(-c6ccccc6)cc(-c6ccccc6)c5)n4)c3)ccc1C2(C)C. The fourth-order valence-electron chi connectivity index (χ4n) is 21.3. The lowest BCUT2D eigenvalue weighted by Crippen LogP contribution is -2.14. The highest BCUT2D eigenvalue weighted by Gasteiger charge is 2.41. The number of fused-ring (bicyclic) bond motifs is 11. The lowest BCUT2D eigenvalue weighted by molar-refractivity contribution is 0.660. The zero-order chi connectivity index (χ0) is 97.0. The van der Waals surface area contributed by atoms with E-state index in [1.54, 1.807) is 0 Å². The van der Waals surface area contributed by atoms with Crippen molar-refractivity contribution >= 4 is 32.9 Å². The fraction of sp³-hybridized carbons (Fsp3) is 0.0672. The van der Waals surface area contributed by atoms with E-state index in [-0.39, 0.29) is 16.2 Å². The van der Waals surface area contributed by atoms with Crippen LogP contribution in [0.2, 0.25) is 0 Å². The van der Waals surface area contributed by atoms with Crippen LogP contribution in [0, 0.1) is 24.5 Å². The maximum Gasteiger partial charge on any atom is 0.195 e. The number of benzene rings is 19. The maximum atomic E-state index is 10.0. The van der Waals surface area contributed by atoms with Gasteiger partial charge < -0.3 is 0 Å². The molecule has 9 nitrogen and oxygen atoms in total. The largest absolute Gasteiger partial charge is 0.238 e. The highest BCUT2D eigenvalue weighted by Crippen LogP contribution is 2.57. The van der Waals surface area contributed by atoms with Crippen LogP contribution in [0.4, 0.5) is 11.4 Å². The zero-order valence-electron chi connectivity index (χ0n) is 79.8. The minimum absolute atomic E-state index is 0.162. The van der Waals surface area contributed by atoms with E-state index in [9.17, 15) is 5.26 Å². The first-order valence-corrected chi connectivity index (χ1v) is 48.4. The predicted molar refractivity (Wildman–Crippen MR) is 587 cm³/mol. The molecule has 0 radical (unpaired) electrons. The minimum atomic E-state index is -0.188. The highest BCUT2D eigenvalue weighted by molar-refractivity contribution is 5.99. The van der Waals surface area contributed by atoms with Crippen LogP contribution in [-0.4, -0.2) is 29.9 Å². The van der Waals surface area contributed by atoms with Gasteiger partial charge in [0.1, 0.15) is 0 Å². The summed E-state index contributed by atoms with van der Waals surface area (Å²) in [5.41, 5.74) is 41.1. The van der Waals surface area contributed by atoms with Crippen LogP contribution in [0.5, 0.6) is 0 Å². The Labute approximate surface area is 833 Å². The number of hydrogen-bond acceptors (Lipinski definition) is 7. The summed E-state index contributed by atoms with van der Waals surface area (Å²) < 4.78 is 0. The molecule has 9 heteroatoms. The summed E-state index contributed by atoms with van der Waals surface area (Å²) in [6.07, 6.45) is 0. The van der Waals surface area contributed by atoms with Gasteiger partial charge in [0.25, 0.3) is 0 Å². The topological polar surface area (TPSA) is 110 Å². The van der Waals surface area contributed by atoms with Crippen LogP contribution >= 0.6 is 0 Å². The molecular formula is C134H93N9. The van der Waals surface area contributed by atoms with E-state index in [1.807, 2.05) is 103 Å². The number of hydrogen-bond donors (Lipinski definition) is 0. The molecule has 143 heavy (non-hydrogen) atoms. The van der Waals surface area contributed by atoms with Gasteiger partial charge in [0.05, 0.1) is 58.9 Å². The predicted octanol–water partition coefficient (Wildman–Crippen LogP) is 35.0. The molecule has 0 unspecified atom stereocenters. The lowest BCUT2D eigenvalue weighted by Gasteiger charge is -2.21. The van der Waals surface area contributed by atoms with Crippen molar-refractivity contribution in [3.63, 3.8) is 0 Å². The van der Waals surface area contributed by atoms with Crippen LogP contribution < -0.4 is 0 Å². The fourth-order valence-corrected chi connectivity index (χ4v) is 21.3. The van der Waals surface area contributed by atoms with Crippen LogP contribution in [0.3, 0.4) is 0 Å². The maximum absolute atomic E-state index is 10.0. The highest BCUT2D eigenvalue weighted by atomic mass is 14.9. The molecular weight excluding hydrogens is 1740 g/mol. The van der Waals surface area contributed by atoms with E-state index in [1.165, 1.54) is 49.5 Å². The van der Waals surface area contributed by atoms with Crippen molar-refractivity contribution in [2.45, 2.75) is 57.8 Å². The summed E-state index contributed by atoms with van der Waals surface area (Å²) in [5.74, 6) is 2.06. The molecule has 0 saturated carbocycles. The summed E-state index contributed by atoms with van der Waals surface area (Å²) in [6, 6.07) is 161. The lowest BCUT2D eigenvalue weighted by atomic mass is 9.82. The van der Waals surface area contributed by atoms with Crippen molar-refractivity contribution < 1.29 is 0 Å². The minimum Gasteiger partial charge on any atom is -0.238 e. The molecule has 0 atom stereocenters. The van der Waals surface area contributed by atoms with Crippen LogP contribution in [0.15, 0.2) is 455 Å². The Kier molecular flexibility index (Phi) is 22.7.